The fourth-order valence-electron chi connectivity index (χ4n) is 3.36. The molecule has 3 rings (SSSR count). The summed E-state index contributed by atoms with van der Waals surface area (Å²) in [5, 5.41) is 3.66. The molecule has 1 amide bonds. The highest BCUT2D eigenvalue weighted by Gasteiger charge is 2.08. The van der Waals surface area contributed by atoms with Crippen LogP contribution < -0.4 is 14.8 Å². The topological polar surface area (TPSA) is 47.6 Å². The molecule has 3 aromatic rings. The number of benzene rings is 3. The normalized spacial score (nSPS) is 10.9. The van der Waals surface area contributed by atoms with Gasteiger partial charge in [-0.05, 0) is 73.4 Å². The molecule has 0 unspecified atom stereocenters. The highest BCUT2D eigenvalue weighted by Crippen LogP contribution is 2.29. The molecular weight excluding hydrogens is 410 g/mol. The fraction of sp³-hybridized carbons (Fsp3) is 0.192. The standard InChI is InChI=1S/C26H26ClNO3/c1-17-13-18(2)26(19(3)14-17)28-25(29)12-8-20-7-11-23(24(15-20)30-4)31-16-21-5-9-22(27)10-6-21/h5-15H,16H2,1-4H3,(H,28,29). The van der Waals surface area contributed by atoms with Crippen molar-refractivity contribution in [1.29, 1.82) is 0 Å². The Balaban J connectivity index is 1.67. The molecule has 3 aromatic carbocycles. The molecule has 0 atom stereocenters. The predicted octanol–water partition coefficient (Wildman–Crippen LogP) is 6.50. The monoisotopic (exact) mass is 435 g/mol. The van der Waals surface area contributed by atoms with Crippen LogP contribution in [0.25, 0.3) is 6.08 Å². The highest BCUT2D eigenvalue weighted by atomic mass is 35.5. The number of carbonyl (C=O) groups excluding carboxylic acids is 1. The van der Waals surface area contributed by atoms with E-state index < -0.39 is 0 Å². The van der Waals surface area contributed by atoms with Crippen LogP contribution in [0, 0.1) is 20.8 Å². The summed E-state index contributed by atoms with van der Waals surface area (Å²) in [6.07, 6.45) is 3.27. The third-order valence-electron chi connectivity index (χ3n) is 4.85. The van der Waals surface area contributed by atoms with Gasteiger partial charge in [0.1, 0.15) is 6.61 Å². The van der Waals surface area contributed by atoms with Crippen LogP contribution in [0.2, 0.25) is 5.02 Å². The first kappa shape index (κ1) is 22.4. The number of aryl methyl sites for hydroxylation is 3. The smallest absolute Gasteiger partial charge is 0.248 e. The van der Waals surface area contributed by atoms with E-state index in [0.29, 0.717) is 23.1 Å². The average Bonchev–Trinajstić information content (AvgIpc) is 2.74. The minimum atomic E-state index is -0.183. The molecule has 5 heteroatoms. The van der Waals surface area contributed by atoms with Crippen molar-refractivity contribution in [1.82, 2.24) is 0 Å². The third-order valence-corrected chi connectivity index (χ3v) is 5.10. The van der Waals surface area contributed by atoms with E-state index in [2.05, 4.69) is 17.4 Å². The van der Waals surface area contributed by atoms with Gasteiger partial charge in [-0.25, -0.2) is 0 Å². The fourth-order valence-corrected chi connectivity index (χ4v) is 3.49. The molecule has 0 heterocycles. The van der Waals surface area contributed by atoms with Gasteiger partial charge in [0.25, 0.3) is 0 Å². The number of hydrogen-bond donors (Lipinski definition) is 1. The molecule has 0 spiro atoms. The molecule has 4 nitrogen and oxygen atoms in total. The van der Waals surface area contributed by atoms with Gasteiger partial charge in [-0.1, -0.05) is 47.5 Å². The molecule has 0 saturated heterocycles. The van der Waals surface area contributed by atoms with Crippen LogP contribution in [0.4, 0.5) is 5.69 Å². The number of carbonyl (C=O) groups is 1. The molecule has 0 saturated carbocycles. The Morgan fingerprint density at radius 3 is 2.29 bits per heavy atom. The maximum atomic E-state index is 12.4. The maximum Gasteiger partial charge on any atom is 0.248 e. The van der Waals surface area contributed by atoms with Gasteiger partial charge in [0, 0.05) is 16.8 Å². The van der Waals surface area contributed by atoms with Crippen LogP contribution in [0.3, 0.4) is 0 Å². The molecular formula is C26H26ClNO3. The molecule has 1 N–H and O–H groups in total. The molecule has 0 aliphatic heterocycles. The van der Waals surface area contributed by atoms with Gasteiger partial charge in [0.15, 0.2) is 11.5 Å². The lowest BCUT2D eigenvalue weighted by Gasteiger charge is -2.12. The van der Waals surface area contributed by atoms with Gasteiger partial charge in [-0.3, -0.25) is 4.79 Å². The molecule has 160 valence electrons. The van der Waals surface area contributed by atoms with E-state index in [1.807, 2.05) is 63.2 Å². The molecule has 0 radical (unpaired) electrons. The lowest BCUT2D eigenvalue weighted by molar-refractivity contribution is -0.111. The minimum Gasteiger partial charge on any atom is -0.493 e. The zero-order valence-electron chi connectivity index (χ0n) is 18.2. The predicted molar refractivity (Wildman–Crippen MR) is 127 cm³/mol. The first-order valence-electron chi connectivity index (χ1n) is 9.98. The Morgan fingerprint density at radius 2 is 1.65 bits per heavy atom. The van der Waals surface area contributed by atoms with Crippen molar-refractivity contribution in [2.75, 3.05) is 12.4 Å². The molecule has 31 heavy (non-hydrogen) atoms. The lowest BCUT2D eigenvalue weighted by Crippen LogP contribution is -2.10. The molecule has 0 fully saturated rings. The average molecular weight is 436 g/mol. The summed E-state index contributed by atoms with van der Waals surface area (Å²) in [7, 11) is 1.59. The van der Waals surface area contributed by atoms with Crippen LogP contribution in [0.15, 0.2) is 60.7 Å². The quantitative estimate of drug-likeness (QED) is 0.430. The van der Waals surface area contributed by atoms with Gasteiger partial charge < -0.3 is 14.8 Å². The number of halogens is 1. The second kappa shape index (κ2) is 10.2. The van der Waals surface area contributed by atoms with Crippen molar-refractivity contribution in [3.05, 3.63) is 93.5 Å². The number of methoxy groups -OCH3 is 1. The second-order valence-corrected chi connectivity index (χ2v) is 7.86. The Morgan fingerprint density at radius 1 is 0.968 bits per heavy atom. The number of ether oxygens (including phenoxy) is 2. The lowest BCUT2D eigenvalue weighted by atomic mass is 10.1. The van der Waals surface area contributed by atoms with Crippen molar-refractivity contribution in [3.63, 3.8) is 0 Å². The summed E-state index contributed by atoms with van der Waals surface area (Å²) < 4.78 is 11.3. The van der Waals surface area contributed by atoms with Crippen molar-refractivity contribution in [3.8, 4) is 11.5 Å². The Labute approximate surface area is 188 Å². The summed E-state index contributed by atoms with van der Waals surface area (Å²) in [5.74, 6) is 1.05. The van der Waals surface area contributed by atoms with Crippen LogP contribution in [0.1, 0.15) is 27.8 Å². The first-order chi connectivity index (χ1) is 14.9. The zero-order chi connectivity index (χ0) is 22.4. The maximum absolute atomic E-state index is 12.4. The van der Waals surface area contributed by atoms with E-state index in [4.69, 9.17) is 21.1 Å². The van der Waals surface area contributed by atoms with Crippen LogP contribution >= 0.6 is 11.6 Å². The number of anilines is 1. The third kappa shape index (κ3) is 6.12. The van der Waals surface area contributed by atoms with E-state index in [1.54, 1.807) is 13.2 Å². The highest BCUT2D eigenvalue weighted by molar-refractivity contribution is 6.30. The zero-order valence-corrected chi connectivity index (χ0v) is 18.9. The van der Waals surface area contributed by atoms with E-state index in [-0.39, 0.29) is 5.91 Å². The number of rotatable bonds is 7. The Kier molecular flexibility index (Phi) is 7.37. The van der Waals surface area contributed by atoms with Crippen LogP contribution in [0.5, 0.6) is 11.5 Å². The Hall–Kier alpha value is -3.24. The van der Waals surface area contributed by atoms with Crippen LogP contribution in [-0.4, -0.2) is 13.0 Å². The van der Waals surface area contributed by atoms with Crippen molar-refractivity contribution >= 4 is 29.3 Å². The summed E-state index contributed by atoms with van der Waals surface area (Å²) in [5.41, 5.74) is 5.96. The SMILES string of the molecule is COc1cc(C=CC(=O)Nc2c(C)cc(C)cc2C)ccc1OCc1ccc(Cl)cc1. The van der Waals surface area contributed by atoms with E-state index >= 15 is 0 Å². The van der Waals surface area contributed by atoms with E-state index in [1.165, 1.54) is 11.6 Å². The Bertz CT molecular complexity index is 1080. The van der Waals surface area contributed by atoms with Gasteiger partial charge in [-0.15, -0.1) is 0 Å². The molecule has 0 aliphatic rings. The number of nitrogens with one attached hydrogen (secondary N) is 1. The second-order valence-electron chi connectivity index (χ2n) is 7.42. The van der Waals surface area contributed by atoms with Crippen molar-refractivity contribution in [2.24, 2.45) is 0 Å². The van der Waals surface area contributed by atoms with Crippen molar-refractivity contribution in [2.45, 2.75) is 27.4 Å². The van der Waals surface area contributed by atoms with Crippen LogP contribution in [-0.2, 0) is 11.4 Å². The van der Waals surface area contributed by atoms with E-state index in [0.717, 1.165) is 27.9 Å². The largest absolute Gasteiger partial charge is 0.493 e. The molecule has 0 aromatic heterocycles. The first-order valence-corrected chi connectivity index (χ1v) is 10.4. The summed E-state index contributed by atoms with van der Waals surface area (Å²) in [6, 6.07) is 17.2. The number of hydrogen-bond acceptors (Lipinski definition) is 3. The van der Waals surface area contributed by atoms with Gasteiger partial charge >= 0.3 is 0 Å². The van der Waals surface area contributed by atoms with Gasteiger partial charge in [-0.2, -0.15) is 0 Å². The van der Waals surface area contributed by atoms with Crippen molar-refractivity contribution < 1.29 is 14.3 Å². The summed E-state index contributed by atoms with van der Waals surface area (Å²) in [6.45, 7) is 6.43. The molecule has 0 aliphatic carbocycles. The van der Waals surface area contributed by atoms with E-state index in [9.17, 15) is 4.79 Å². The molecule has 0 bridgehead atoms. The summed E-state index contributed by atoms with van der Waals surface area (Å²) in [4.78, 5) is 12.4. The minimum absolute atomic E-state index is 0.183. The van der Waals surface area contributed by atoms with Gasteiger partial charge in [0.05, 0.1) is 7.11 Å². The number of amides is 1. The summed E-state index contributed by atoms with van der Waals surface area (Å²) >= 11 is 5.92. The van der Waals surface area contributed by atoms with Gasteiger partial charge in [0.2, 0.25) is 5.91 Å².